The lowest BCUT2D eigenvalue weighted by Crippen LogP contribution is -2.25. The normalized spacial score (nSPS) is 10.1. The van der Waals surface area contributed by atoms with Gasteiger partial charge in [-0.1, -0.05) is 26.0 Å². The number of thioether (sulfide) groups is 1. The van der Waals surface area contributed by atoms with Gasteiger partial charge in [0, 0.05) is 24.1 Å². The van der Waals surface area contributed by atoms with Crippen molar-refractivity contribution in [3.8, 4) is 0 Å². The highest BCUT2D eigenvalue weighted by atomic mass is 35.5. The standard InChI is InChI=1S/C14H22N2OS.ClH/c1-4-16(5-2)10-11-18-14-9-7-6-8-13(14)15-12(3)17;/h6-9H,4-5,10-11H2,1-3H3,(H,15,17);1H. The topological polar surface area (TPSA) is 32.3 Å². The number of carbonyl (C=O) groups is 1. The van der Waals surface area contributed by atoms with E-state index in [9.17, 15) is 4.79 Å². The Morgan fingerprint density at radius 1 is 1.26 bits per heavy atom. The Labute approximate surface area is 126 Å². The van der Waals surface area contributed by atoms with Crippen LogP contribution in [0.5, 0.6) is 0 Å². The van der Waals surface area contributed by atoms with E-state index >= 15 is 0 Å². The van der Waals surface area contributed by atoms with Gasteiger partial charge >= 0.3 is 0 Å². The first-order valence-corrected chi connectivity index (χ1v) is 7.37. The number of hydrogen-bond donors (Lipinski definition) is 1. The number of carbonyl (C=O) groups excluding carboxylic acids is 1. The Balaban J connectivity index is 0.00000324. The summed E-state index contributed by atoms with van der Waals surface area (Å²) in [5.74, 6) is 1.02. The minimum atomic E-state index is -0.0215. The maximum absolute atomic E-state index is 11.1. The molecule has 0 aliphatic heterocycles. The lowest BCUT2D eigenvalue weighted by molar-refractivity contribution is -0.114. The Kier molecular flexibility index (Phi) is 9.74. The molecule has 1 amide bonds. The highest BCUT2D eigenvalue weighted by Gasteiger charge is 2.05. The summed E-state index contributed by atoms with van der Waals surface area (Å²) in [5.41, 5.74) is 0.912. The van der Waals surface area contributed by atoms with Crippen molar-refractivity contribution < 1.29 is 4.79 Å². The molecule has 0 saturated heterocycles. The van der Waals surface area contributed by atoms with E-state index < -0.39 is 0 Å². The maximum atomic E-state index is 11.1. The first-order valence-electron chi connectivity index (χ1n) is 6.39. The van der Waals surface area contributed by atoms with E-state index in [1.807, 2.05) is 18.2 Å². The second-order valence-corrected chi connectivity index (χ2v) is 5.19. The highest BCUT2D eigenvalue weighted by Crippen LogP contribution is 2.26. The number of halogens is 1. The van der Waals surface area contributed by atoms with Gasteiger partial charge in [-0.2, -0.15) is 0 Å². The lowest BCUT2D eigenvalue weighted by Gasteiger charge is -2.17. The number of amides is 1. The summed E-state index contributed by atoms with van der Waals surface area (Å²) < 4.78 is 0. The van der Waals surface area contributed by atoms with Gasteiger partial charge in [-0.25, -0.2) is 0 Å². The fourth-order valence-electron chi connectivity index (χ4n) is 1.71. The molecule has 0 atom stereocenters. The number of nitrogens with zero attached hydrogens (tertiary/aromatic N) is 1. The largest absolute Gasteiger partial charge is 0.325 e. The molecule has 0 aromatic heterocycles. The van der Waals surface area contributed by atoms with Crippen LogP contribution >= 0.6 is 24.2 Å². The van der Waals surface area contributed by atoms with Crippen LogP contribution in [-0.4, -0.2) is 36.2 Å². The summed E-state index contributed by atoms with van der Waals surface area (Å²) in [4.78, 5) is 14.6. The number of hydrogen-bond acceptors (Lipinski definition) is 3. The van der Waals surface area contributed by atoms with E-state index in [0.29, 0.717) is 0 Å². The van der Waals surface area contributed by atoms with Crippen LogP contribution in [0.3, 0.4) is 0 Å². The monoisotopic (exact) mass is 302 g/mol. The molecule has 1 N–H and O–H groups in total. The van der Waals surface area contributed by atoms with Crippen molar-refractivity contribution in [2.24, 2.45) is 0 Å². The Morgan fingerprint density at radius 3 is 2.47 bits per heavy atom. The first-order chi connectivity index (χ1) is 8.67. The Bertz CT molecular complexity index is 383. The van der Waals surface area contributed by atoms with Crippen molar-refractivity contribution in [2.45, 2.75) is 25.7 Å². The van der Waals surface area contributed by atoms with Gasteiger partial charge in [-0.15, -0.1) is 24.2 Å². The molecule has 0 aliphatic rings. The quantitative estimate of drug-likeness (QED) is 0.782. The molecule has 0 bridgehead atoms. The van der Waals surface area contributed by atoms with Crippen LogP contribution in [0.1, 0.15) is 20.8 Å². The second-order valence-electron chi connectivity index (χ2n) is 4.05. The summed E-state index contributed by atoms with van der Waals surface area (Å²) in [7, 11) is 0. The molecule has 1 rings (SSSR count). The molecule has 1 aromatic rings. The molecule has 0 fully saturated rings. The minimum Gasteiger partial charge on any atom is -0.325 e. The van der Waals surface area contributed by atoms with Gasteiger partial charge in [-0.3, -0.25) is 4.79 Å². The van der Waals surface area contributed by atoms with Crippen molar-refractivity contribution in [3.05, 3.63) is 24.3 Å². The Morgan fingerprint density at radius 2 is 1.89 bits per heavy atom. The van der Waals surface area contributed by atoms with Crippen LogP contribution in [0.25, 0.3) is 0 Å². The average molecular weight is 303 g/mol. The number of nitrogens with one attached hydrogen (secondary N) is 1. The number of anilines is 1. The maximum Gasteiger partial charge on any atom is 0.221 e. The molecule has 0 aliphatic carbocycles. The van der Waals surface area contributed by atoms with Crippen LogP contribution in [0.2, 0.25) is 0 Å². The fourth-order valence-corrected chi connectivity index (χ4v) is 2.73. The van der Waals surface area contributed by atoms with Gasteiger partial charge in [0.25, 0.3) is 0 Å². The third-order valence-electron chi connectivity index (χ3n) is 2.76. The van der Waals surface area contributed by atoms with Crippen molar-refractivity contribution >= 4 is 35.8 Å². The molecule has 108 valence electrons. The molecule has 19 heavy (non-hydrogen) atoms. The van der Waals surface area contributed by atoms with Gasteiger partial charge in [0.15, 0.2) is 0 Å². The van der Waals surface area contributed by atoms with Gasteiger partial charge < -0.3 is 10.2 Å². The molecule has 1 aromatic carbocycles. The molecule has 0 spiro atoms. The van der Waals surface area contributed by atoms with E-state index in [4.69, 9.17) is 0 Å². The summed E-state index contributed by atoms with van der Waals surface area (Å²) >= 11 is 1.79. The van der Waals surface area contributed by atoms with E-state index in [0.717, 1.165) is 36.0 Å². The lowest BCUT2D eigenvalue weighted by atomic mass is 10.3. The van der Waals surface area contributed by atoms with E-state index in [2.05, 4.69) is 30.1 Å². The summed E-state index contributed by atoms with van der Waals surface area (Å²) in [6, 6.07) is 7.95. The third-order valence-corrected chi connectivity index (χ3v) is 3.81. The molecule has 0 radical (unpaired) electrons. The molecule has 0 unspecified atom stereocenters. The second kappa shape index (κ2) is 10.1. The van der Waals surface area contributed by atoms with Gasteiger partial charge in [0.1, 0.15) is 0 Å². The van der Waals surface area contributed by atoms with Crippen LogP contribution in [0.4, 0.5) is 5.69 Å². The highest BCUT2D eigenvalue weighted by molar-refractivity contribution is 7.99. The van der Waals surface area contributed by atoms with Crippen LogP contribution in [-0.2, 0) is 4.79 Å². The average Bonchev–Trinajstić information content (AvgIpc) is 2.36. The van der Waals surface area contributed by atoms with Gasteiger partial charge in [-0.05, 0) is 25.2 Å². The first kappa shape index (κ1) is 18.3. The van der Waals surface area contributed by atoms with Crippen LogP contribution in [0, 0.1) is 0 Å². The van der Waals surface area contributed by atoms with Gasteiger partial charge in [0.2, 0.25) is 5.91 Å². The molecule has 5 heteroatoms. The van der Waals surface area contributed by atoms with Crippen molar-refractivity contribution in [1.29, 1.82) is 0 Å². The zero-order valence-electron chi connectivity index (χ0n) is 11.8. The van der Waals surface area contributed by atoms with Crippen molar-refractivity contribution in [3.63, 3.8) is 0 Å². The predicted molar refractivity (Wildman–Crippen MR) is 86.5 cm³/mol. The zero-order chi connectivity index (χ0) is 13.4. The fraction of sp³-hybridized carbons (Fsp3) is 0.500. The molecule has 0 heterocycles. The van der Waals surface area contributed by atoms with E-state index in [1.165, 1.54) is 6.92 Å². The number of rotatable bonds is 7. The molecular weight excluding hydrogens is 280 g/mol. The zero-order valence-corrected chi connectivity index (χ0v) is 13.4. The number of benzene rings is 1. The summed E-state index contributed by atoms with van der Waals surface area (Å²) in [6.45, 7) is 9.15. The van der Waals surface area contributed by atoms with Crippen LogP contribution in [0.15, 0.2) is 29.2 Å². The minimum absolute atomic E-state index is 0. The molecule has 3 nitrogen and oxygen atoms in total. The Hall–Kier alpha value is -0.710. The van der Waals surface area contributed by atoms with Crippen molar-refractivity contribution in [2.75, 3.05) is 30.7 Å². The smallest absolute Gasteiger partial charge is 0.221 e. The van der Waals surface area contributed by atoms with E-state index in [-0.39, 0.29) is 18.3 Å². The SMILES string of the molecule is CCN(CC)CCSc1ccccc1NC(C)=O.Cl. The summed E-state index contributed by atoms with van der Waals surface area (Å²) in [5, 5.41) is 2.87. The third kappa shape index (κ3) is 6.85. The molecular formula is C14H23ClN2OS. The van der Waals surface area contributed by atoms with E-state index in [1.54, 1.807) is 11.8 Å². The predicted octanol–water partition coefficient (Wildman–Crippen LogP) is 3.50. The summed E-state index contributed by atoms with van der Waals surface area (Å²) in [6.07, 6.45) is 0. The van der Waals surface area contributed by atoms with Crippen LogP contribution < -0.4 is 5.32 Å². The molecule has 0 saturated carbocycles. The van der Waals surface area contributed by atoms with Crippen molar-refractivity contribution in [1.82, 2.24) is 4.90 Å². The van der Waals surface area contributed by atoms with Gasteiger partial charge in [0.05, 0.1) is 5.69 Å². The number of para-hydroxylation sites is 1.